The number of carbonyl (C=O) groups excluding carboxylic acids is 1. The van der Waals surface area contributed by atoms with Crippen LogP contribution in [-0.2, 0) is 14.3 Å². The topological polar surface area (TPSA) is 63.6 Å². The van der Waals surface area contributed by atoms with Gasteiger partial charge in [0.15, 0.2) is 0 Å². The van der Waals surface area contributed by atoms with E-state index >= 15 is 0 Å². The molecule has 0 aliphatic heterocycles. The van der Waals surface area contributed by atoms with Crippen molar-refractivity contribution in [3.8, 4) is 0 Å². The monoisotopic (exact) mass is 468 g/mol. The molecule has 4 heteroatoms. The number of rotatable bonds is 26. The Hall–Kier alpha value is -1.06. The first-order valence-corrected chi connectivity index (χ1v) is 14.5. The maximum atomic E-state index is 12.2. The number of esters is 1. The van der Waals surface area contributed by atoms with Crippen LogP contribution in [-0.4, -0.2) is 23.1 Å². The van der Waals surface area contributed by atoms with E-state index in [2.05, 4.69) is 13.8 Å². The van der Waals surface area contributed by atoms with Crippen LogP contribution in [0.4, 0.5) is 0 Å². The second-order valence-corrected chi connectivity index (χ2v) is 9.95. The molecule has 196 valence electrons. The smallest absolute Gasteiger partial charge is 0.306 e. The summed E-state index contributed by atoms with van der Waals surface area (Å²) in [5, 5.41) is 8.71. The average molecular weight is 469 g/mol. The van der Waals surface area contributed by atoms with Gasteiger partial charge in [-0.15, -0.1) is 0 Å². The Labute approximate surface area is 205 Å². The quantitative estimate of drug-likeness (QED) is 0.101. The van der Waals surface area contributed by atoms with Gasteiger partial charge in [-0.2, -0.15) is 0 Å². The zero-order valence-electron chi connectivity index (χ0n) is 22.2. The molecule has 0 amide bonds. The third kappa shape index (κ3) is 25.4. The molecular weight excluding hydrogens is 412 g/mol. The zero-order valence-corrected chi connectivity index (χ0v) is 22.2. The van der Waals surface area contributed by atoms with E-state index in [1.165, 1.54) is 70.6 Å². The number of hydrogen-bond acceptors (Lipinski definition) is 3. The van der Waals surface area contributed by atoms with Crippen LogP contribution in [0.25, 0.3) is 0 Å². The summed E-state index contributed by atoms with van der Waals surface area (Å²) in [6.45, 7) is 4.42. The number of unbranched alkanes of at least 4 members (excludes halogenated alkanes) is 17. The van der Waals surface area contributed by atoms with Crippen LogP contribution in [0.2, 0.25) is 0 Å². The molecule has 0 saturated carbocycles. The molecular formula is C29H56O4. The molecule has 0 aromatic carbocycles. The van der Waals surface area contributed by atoms with E-state index in [1.807, 2.05) is 0 Å². The first kappa shape index (κ1) is 31.9. The van der Waals surface area contributed by atoms with E-state index in [1.54, 1.807) is 0 Å². The highest BCUT2D eigenvalue weighted by Crippen LogP contribution is 2.18. The van der Waals surface area contributed by atoms with Gasteiger partial charge in [-0.3, -0.25) is 9.59 Å². The molecule has 1 N–H and O–H groups in total. The highest BCUT2D eigenvalue weighted by atomic mass is 16.5. The Kier molecular flexibility index (Phi) is 24.7. The van der Waals surface area contributed by atoms with Crippen molar-refractivity contribution in [2.75, 3.05) is 0 Å². The summed E-state index contributed by atoms with van der Waals surface area (Å²) in [5.41, 5.74) is 0. The van der Waals surface area contributed by atoms with E-state index in [-0.39, 0.29) is 18.5 Å². The van der Waals surface area contributed by atoms with Crippen molar-refractivity contribution in [2.45, 2.75) is 174 Å². The molecule has 0 aromatic rings. The van der Waals surface area contributed by atoms with Gasteiger partial charge in [0.1, 0.15) is 6.10 Å². The van der Waals surface area contributed by atoms with Crippen LogP contribution in [0.5, 0.6) is 0 Å². The molecule has 0 bridgehead atoms. The van der Waals surface area contributed by atoms with E-state index in [4.69, 9.17) is 9.84 Å². The van der Waals surface area contributed by atoms with Gasteiger partial charge in [0.2, 0.25) is 0 Å². The maximum absolute atomic E-state index is 12.2. The fraction of sp³-hybridized carbons (Fsp3) is 0.931. The Morgan fingerprint density at radius 2 is 0.909 bits per heavy atom. The minimum Gasteiger partial charge on any atom is -0.481 e. The lowest BCUT2D eigenvalue weighted by molar-refractivity contribution is -0.150. The van der Waals surface area contributed by atoms with Crippen molar-refractivity contribution in [2.24, 2.45) is 0 Å². The van der Waals surface area contributed by atoms with E-state index in [0.717, 1.165) is 70.6 Å². The van der Waals surface area contributed by atoms with Gasteiger partial charge >= 0.3 is 11.9 Å². The second-order valence-electron chi connectivity index (χ2n) is 9.95. The van der Waals surface area contributed by atoms with Crippen LogP contribution in [0.1, 0.15) is 168 Å². The van der Waals surface area contributed by atoms with Crippen molar-refractivity contribution in [3.63, 3.8) is 0 Å². The standard InChI is InChI=1S/C29H56O4/c1-3-5-7-8-9-10-11-12-13-14-16-20-23-27(33-29(32)26-19-6-4-2)24-21-17-15-18-22-25-28(30)31/h27H,3-26H2,1-2H3,(H,30,31). The van der Waals surface area contributed by atoms with Crippen LogP contribution in [0.3, 0.4) is 0 Å². The molecule has 0 saturated heterocycles. The second kappa shape index (κ2) is 25.6. The van der Waals surface area contributed by atoms with Gasteiger partial charge in [0, 0.05) is 12.8 Å². The highest BCUT2D eigenvalue weighted by Gasteiger charge is 2.14. The lowest BCUT2D eigenvalue weighted by atomic mass is 10.0. The molecule has 1 unspecified atom stereocenters. The molecule has 0 aromatic heterocycles. The van der Waals surface area contributed by atoms with Crippen LogP contribution >= 0.6 is 0 Å². The first-order valence-electron chi connectivity index (χ1n) is 14.5. The highest BCUT2D eigenvalue weighted by molar-refractivity contribution is 5.69. The number of carboxylic acids is 1. The summed E-state index contributed by atoms with van der Waals surface area (Å²) in [5.74, 6) is -0.721. The molecule has 1 atom stereocenters. The van der Waals surface area contributed by atoms with Crippen LogP contribution in [0, 0.1) is 0 Å². The van der Waals surface area contributed by atoms with Crippen molar-refractivity contribution < 1.29 is 19.4 Å². The minimum absolute atomic E-state index is 0.0196. The van der Waals surface area contributed by atoms with E-state index < -0.39 is 5.97 Å². The van der Waals surface area contributed by atoms with Gasteiger partial charge in [0.05, 0.1) is 0 Å². The van der Waals surface area contributed by atoms with Gasteiger partial charge < -0.3 is 9.84 Å². The zero-order chi connectivity index (χ0) is 24.4. The largest absolute Gasteiger partial charge is 0.481 e. The molecule has 0 radical (unpaired) electrons. The number of carbonyl (C=O) groups is 2. The first-order chi connectivity index (χ1) is 16.1. The van der Waals surface area contributed by atoms with Crippen LogP contribution < -0.4 is 0 Å². The van der Waals surface area contributed by atoms with E-state index in [9.17, 15) is 9.59 Å². The third-order valence-corrected chi connectivity index (χ3v) is 6.58. The summed E-state index contributed by atoms with van der Waals surface area (Å²) in [6, 6.07) is 0. The van der Waals surface area contributed by atoms with E-state index in [0.29, 0.717) is 6.42 Å². The summed E-state index contributed by atoms with van der Waals surface area (Å²) in [6.07, 6.45) is 27.1. The molecule has 0 fully saturated rings. The number of hydrogen-bond donors (Lipinski definition) is 1. The normalized spacial score (nSPS) is 12.1. The van der Waals surface area contributed by atoms with Crippen molar-refractivity contribution >= 4 is 11.9 Å². The predicted octanol–water partition coefficient (Wildman–Crippen LogP) is 9.38. The minimum atomic E-state index is -0.701. The number of ether oxygens (including phenoxy) is 1. The Morgan fingerprint density at radius 1 is 0.545 bits per heavy atom. The lowest BCUT2D eigenvalue weighted by Gasteiger charge is -2.18. The van der Waals surface area contributed by atoms with Crippen molar-refractivity contribution in [1.82, 2.24) is 0 Å². The summed E-state index contributed by atoms with van der Waals surface area (Å²) in [7, 11) is 0. The third-order valence-electron chi connectivity index (χ3n) is 6.58. The van der Waals surface area contributed by atoms with Gasteiger partial charge in [-0.05, 0) is 38.5 Å². The maximum Gasteiger partial charge on any atom is 0.306 e. The Balaban J connectivity index is 3.91. The molecule has 4 nitrogen and oxygen atoms in total. The molecule has 0 aliphatic rings. The Morgan fingerprint density at radius 3 is 1.36 bits per heavy atom. The number of carboxylic acid groups (broad SMARTS) is 1. The number of aliphatic carboxylic acids is 1. The summed E-state index contributed by atoms with van der Waals surface area (Å²) >= 11 is 0. The average Bonchev–Trinajstić information content (AvgIpc) is 2.78. The fourth-order valence-corrected chi connectivity index (χ4v) is 4.42. The lowest BCUT2D eigenvalue weighted by Crippen LogP contribution is -2.18. The van der Waals surface area contributed by atoms with Crippen molar-refractivity contribution in [3.05, 3.63) is 0 Å². The predicted molar refractivity (Wildman–Crippen MR) is 140 cm³/mol. The Bertz CT molecular complexity index is 435. The van der Waals surface area contributed by atoms with Crippen LogP contribution in [0.15, 0.2) is 0 Å². The van der Waals surface area contributed by atoms with Gasteiger partial charge in [0.25, 0.3) is 0 Å². The molecule has 0 heterocycles. The van der Waals surface area contributed by atoms with Gasteiger partial charge in [-0.1, -0.05) is 117 Å². The molecule has 0 aliphatic carbocycles. The molecule has 33 heavy (non-hydrogen) atoms. The molecule has 0 spiro atoms. The SMILES string of the molecule is CCCCCCCCCCCCCCC(CCCCCCCC(=O)O)OC(=O)CCCCC. The van der Waals surface area contributed by atoms with Crippen molar-refractivity contribution in [1.29, 1.82) is 0 Å². The molecule has 0 rings (SSSR count). The summed E-state index contributed by atoms with van der Waals surface area (Å²) in [4.78, 5) is 22.8. The van der Waals surface area contributed by atoms with Gasteiger partial charge in [-0.25, -0.2) is 0 Å². The summed E-state index contributed by atoms with van der Waals surface area (Å²) < 4.78 is 5.84. The fourth-order valence-electron chi connectivity index (χ4n) is 4.42.